The molecule has 0 saturated carbocycles. The highest BCUT2D eigenvalue weighted by molar-refractivity contribution is 14.1. The van der Waals surface area contributed by atoms with Crippen LogP contribution in [0.15, 0.2) is 70.6 Å². The standard InChI is InChI=1S/C20H19IN2O4S/c1-14-3-9-18(10-4-14)28(26,27)22-12-11-15(2)19(13-22)20(21)16-5-7-17(8-6-16)23(24)25/h3-11H,12-13H2,1-2H3/b20-19+. The van der Waals surface area contributed by atoms with Gasteiger partial charge in [0, 0.05) is 28.8 Å². The van der Waals surface area contributed by atoms with Crippen molar-refractivity contribution in [2.24, 2.45) is 0 Å². The molecule has 146 valence electrons. The third-order valence-corrected chi connectivity index (χ3v) is 7.77. The van der Waals surface area contributed by atoms with Gasteiger partial charge in [0.1, 0.15) is 0 Å². The number of hydrogen-bond donors (Lipinski definition) is 0. The second-order valence-electron chi connectivity index (χ2n) is 6.59. The van der Waals surface area contributed by atoms with Crippen LogP contribution in [0.5, 0.6) is 0 Å². The van der Waals surface area contributed by atoms with Gasteiger partial charge in [-0.3, -0.25) is 10.1 Å². The van der Waals surface area contributed by atoms with E-state index in [1.165, 1.54) is 16.4 Å². The summed E-state index contributed by atoms with van der Waals surface area (Å²) in [6.45, 7) is 4.44. The minimum absolute atomic E-state index is 0.0254. The van der Waals surface area contributed by atoms with Crippen molar-refractivity contribution in [1.29, 1.82) is 0 Å². The Kier molecular flexibility index (Phi) is 6.01. The highest BCUT2D eigenvalue weighted by atomic mass is 127. The predicted octanol–water partition coefficient (Wildman–Crippen LogP) is 4.70. The van der Waals surface area contributed by atoms with Crippen molar-refractivity contribution >= 4 is 41.9 Å². The van der Waals surface area contributed by atoms with Gasteiger partial charge in [-0.05, 0) is 77.4 Å². The molecule has 1 aliphatic heterocycles. The molecule has 0 aliphatic carbocycles. The van der Waals surface area contributed by atoms with Crippen LogP contribution < -0.4 is 0 Å². The van der Waals surface area contributed by atoms with E-state index in [0.717, 1.165) is 25.9 Å². The molecule has 0 saturated heterocycles. The van der Waals surface area contributed by atoms with Gasteiger partial charge in [0.25, 0.3) is 5.69 Å². The van der Waals surface area contributed by atoms with Crippen LogP contribution in [0.1, 0.15) is 18.1 Å². The van der Waals surface area contributed by atoms with E-state index in [-0.39, 0.29) is 17.1 Å². The van der Waals surface area contributed by atoms with Crippen LogP contribution >= 0.6 is 22.6 Å². The van der Waals surface area contributed by atoms with Gasteiger partial charge >= 0.3 is 0 Å². The molecule has 0 amide bonds. The van der Waals surface area contributed by atoms with Crippen molar-refractivity contribution in [3.8, 4) is 0 Å². The van der Waals surface area contributed by atoms with Gasteiger partial charge in [-0.1, -0.05) is 23.8 Å². The molecule has 0 spiro atoms. The number of rotatable bonds is 4. The molecule has 6 nitrogen and oxygen atoms in total. The SMILES string of the molecule is CC1=CCN(S(=O)(=O)c2ccc(C)cc2)C/C1=C(\I)c1ccc([N+](=O)[O-])cc1. The fourth-order valence-corrected chi connectivity index (χ4v) is 5.22. The van der Waals surface area contributed by atoms with Gasteiger partial charge in [0.15, 0.2) is 0 Å². The van der Waals surface area contributed by atoms with E-state index in [2.05, 4.69) is 22.6 Å². The summed E-state index contributed by atoms with van der Waals surface area (Å²) in [7, 11) is -3.61. The van der Waals surface area contributed by atoms with E-state index >= 15 is 0 Å². The van der Waals surface area contributed by atoms with E-state index in [9.17, 15) is 18.5 Å². The molecule has 0 N–H and O–H groups in total. The van der Waals surface area contributed by atoms with Gasteiger partial charge in [0.05, 0.1) is 9.82 Å². The zero-order valence-electron chi connectivity index (χ0n) is 15.4. The summed E-state index contributed by atoms with van der Waals surface area (Å²) in [5.74, 6) is 0. The number of benzene rings is 2. The number of sulfonamides is 1. The van der Waals surface area contributed by atoms with Crippen molar-refractivity contribution in [1.82, 2.24) is 4.31 Å². The number of halogens is 1. The maximum absolute atomic E-state index is 13.0. The smallest absolute Gasteiger partial charge is 0.258 e. The Hall–Kier alpha value is -2.04. The summed E-state index contributed by atoms with van der Waals surface area (Å²) >= 11 is 2.18. The maximum atomic E-state index is 13.0. The van der Waals surface area contributed by atoms with Gasteiger partial charge in [-0.2, -0.15) is 4.31 Å². The molecule has 0 aromatic heterocycles. The molecule has 1 aliphatic rings. The molecule has 28 heavy (non-hydrogen) atoms. The van der Waals surface area contributed by atoms with Gasteiger partial charge in [0.2, 0.25) is 10.0 Å². The predicted molar refractivity (Wildman–Crippen MR) is 118 cm³/mol. The quantitative estimate of drug-likeness (QED) is 0.339. The summed E-state index contributed by atoms with van der Waals surface area (Å²) in [5, 5.41) is 10.9. The Labute approximate surface area is 177 Å². The van der Waals surface area contributed by atoms with Crippen molar-refractivity contribution in [2.45, 2.75) is 18.7 Å². The highest BCUT2D eigenvalue weighted by Gasteiger charge is 2.28. The van der Waals surface area contributed by atoms with E-state index in [0.29, 0.717) is 6.54 Å². The van der Waals surface area contributed by atoms with E-state index in [1.54, 1.807) is 36.4 Å². The summed E-state index contributed by atoms with van der Waals surface area (Å²) in [6.07, 6.45) is 1.90. The lowest BCUT2D eigenvalue weighted by Crippen LogP contribution is -2.36. The number of hydrogen-bond acceptors (Lipinski definition) is 4. The third-order valence-electron chi connectivity index (χ3n) is 4.67. The molecule has 0 atom stereocenters. The Morgan fingerprint density at radius 1 is 1.07 bits per heavy atom. The summed E-state index contributed by atoms with van der Waals surface area (Å²) in [4.78, 5) is 10.7. The molecule has 2 aromatic rings. The zero-order chi connectivity index (χ0) is 20.5. The van der Waals surface area contributed by atoms with Crippen LogP contribution in [0.3, 0.4) is 0 Å². The average molecular weight is 510 g/mol. The van der Waals surface area contributed by atoms with Crippen LogP contribution in [0.2, 0.25) is 0 Å². The lowest BCUT2D eigenvalue weighted by molar-refractivity contribution is -0.384. The van der Waals surface area contributed by atoms with Gasteiger partial charge < -0.3 is 0 Å². The van der Waals surface area contributed by atoms with Crippen molar-refractivity contribution in [2.75, 3.05) is 13.1 Å². The highest BCUT2D eigenvalue weighted by Crippen LogP contribution is 2.34. The largest absolute Gasteiger partial charge is 0.269 e. The molecular weight excluding hydrogens is 491 g/mol. The maximum Gasteiger partial charge on any atom is 0.269 e. The molecule has 0 fully saturated rings. The molecular formula is C20H19IN2O4S. The van der Waals surface area contributed by atoms with Crippen LogP contribution in [-0.4, -0.2) is 30.7 Å². The summed E-state index contributed by atoms with van der Waals surface area (Å²) in [5.41, 5.74) is 3.76. The lowest BCUT2D eigenvalue weighted by Gasteiger charge is -2.28. The minimum Gasteiger partial charge on any atom is -0.258 e. The van der Waals surface area contributed by atoms with Gasteiger partial charge in [-0.15, -0.1) is 0 Å². The Balaban J connectivity index is 1.95. The van der Waals surface area contributed by atoms with Crippen molar-refractivity contribution < 1.29 is 13.3 Å². The minimum atomic E-state index is -3.61. The van der Waals surface area contributed by atoms with Crippen molar-refractivity contribution in [3.05, 3.63) is 87.0 Å². The Morgan fingerprint density at radius 2 is 1.68 bits per heavy atom. The monoisotopic (exact) mass is 510 g/mol. The third kappa shape index (κ3) is 4.18. The molecule has 2 aromatic carbocycles. The lowest BCUT2D eigenvalue weighted by atomic mass is 10.0. The van der Waals surface area contributed by atoms with E-state index in [1.807, 2.05) is 19.9 Å². The number of non-ortho nitro benzene ring substituents is 1. The second-order valence-corrected chi connectivity index (χ2v) is 9.61. The zero-order valence-corrected chi connectivity index (χ0v) is 18.4. The van der Waals surface area contributed by atoms with Crippen LogP contribution in [0.25, 0.3) is 3.58 Å². The Morgan fingerprint density at radius 3 is 2.25 bits per heavy atom. The summed E-state index contributed by atoms with van der Waals surface area (Å²) in [6, 6.07) is 13.1. The Bertz CT molecular complexity index is 1070. The molecule has 0 radical (unpaired) electrons. The molecule has 8 heteroatoms. The van der Waals surface area contributed by atoms with Crippen molar-refractivity contribution in [3.63, 3.8) is 0 Å². The second kappa shape index (κ2) is 8.14. The topological polar surface area (TPSA) is 80.5 Å². The van der Waals surface area contributed by atoms with Gasteiger partial charge in [-0.25, -0.2) is 8.42 Å². The number of aryl methyl sites for hydroxylation is 1. The number of nitro groups is 1. The average Bonchev–Trinajstić information content (AvgIpc) is 2.68. The first kappa shape index (κ1) is 20.7. The fraction of sp³-hybridized carbons (Fsp3) is 0.200. The first-order valence-corrected chi connectivity index (χ1v) is 11.1. The van der Waals surface area contributed by atoms with Crippen LogP contribution in [-0.2, 0) is 10.0 Å². The number of nitrogens with zero attached hydrogens (tertiary/aromatic N) is 2. The first-order chi connectivity index (χ1) is 13.2. The van der Waals surface area contributed by atoms with E-state index < -0.39 is 14.9 Å². The fourth-order valence-electron chi connectivity index (χ4n) is 2.92. The van der Waals surface area contributed by atoms with Crippen LogP contribution in [0, 0.1) is 17.0 Å². The van der Waals surface area contributed by atoms with E-state index in [4.69, 9.17) is 0 Å². The summed E-state index contributed by atoms with van der Waals surface area (Å²) < 4.78 is 28.4. The normalized spacial score (nSPS) is 17.2. The molecule has 0 bridgehead atoms. The molecule has 0 unspecified atom stereocenters. The molecule has 1 heterocycles. The number of nitro benzene ring substituents is 1. The molecule has 3 rings (SSSR count). The van der Waals surface area contributed by atoms with Crippen LogP contribution in [0.4, 0.5) is 5.69 Å². The first-order valence-electron chi connectivity index (χ1n) is 8.57.